The Kier molecular flexibility index (Phi) is 3.47. The van der Waals surface area contributed by atoms with Crippen LogP contribution >= 0.6 is 0 Å². The summed E-state index contributed by atoms with van der Waals surface area (Å²) in [6.07, 6.45) is -0.112. The van der Waals surface area contributed by atoms with Gasteiger partial charge in [-0.2, -0.15) is 0 Å². The Morgan fingerprint density at radius 2 is 2.00 bits per heavy atom. The van der Waals surface area contributed by atoms with E-state index in [1.807, 2.05) is 13.0 Å². The van der Waals surface area contributed by atoms with Crippen molar-refractivity contribution in [3.8, 4) is 11.3 Å². The number of benzene rings is 1. The van der Waals surface area contributed by atoms with E-state index in [0.717, 1.165) is 12.0 Å². The van der Waals surface area contributed by atoms with Crippen molar-refractivity contribution in [1.82, 2.24) is 4.98 Å². The van der Waals surface area contributed by atoms with Crippen molar-refractivity contribution in [3.63, 3.8) is 0 Å². The summed E-state index contributed by atoms with van der Waals surface area (Å²) in [5.74, 6) is 0. The number of nitrogens with zero attached hydrogens (tertiary/aromatic N) is 1. The van der Waals surface area contributed by atoms with E-state index in [1.165, 1.54) is 0 Å². The van der Waals surface area contributed by atoms with Crippen LogP contribution in [-0.4, -0.2) is 4.98 Å². The first-order valence-corrected chi connectivity index (χ1v) is 5.54. The number of halogens is 2. The van der Waals surface area contributed by atoms with Crippen LogP contribution < -0.4 is 0 Å². The van der Waals surface area contributed by atoms with Crippen LogP contribution in [-0.2, 0) is 6.42 Å². The van der Waals surface area contributed by atoms with Gasteiger partial charge < -0.3 is 0 Å². The second kappa shape index (κ2) is 5.04. The molecule has 0 N–H and O–H groups in total. The summed E-state index contributed by atoms with van der Waals surface area (Å²) >= 11 is 0. The molecule has 0 saturated carbocycles. The topological polar surface area (TPSA) is 12.9 Å². The summed E-state index contributed by atoms with van der Waals surface area (Å²) < 4.78 is 26.0. The van der Waals surface area contributed by atoms with Crippen LogP contribution in [0.25, 0.3) is 11.3 Å². The van der Waals surface area contributed by atoms with Crippen molar-refractivity contribution in [3.05, 3.63) is 53.7 Å². The van der Waals surface area contributed by atoms with Crippen LogP contribution in [0.3, 0.4) is 0 Å². The molecule has 17 heavy (non-hydrogen) atoms. The minimum absolute atomic E-state index is 0.0584. The number of aryl methyl sites for hydroxylation is 1. The van der Waals surface area contributed by atoms with E-state index < -0.39 is 6.43 Å². The SMILES string of the molecule is CCc1ccc(-c2ccccn2)c(C(F)F)c1. The fraction of sp³-hybridized carbons (Fsp3) is 0.214. The summed E-state index contributed by atoms with van der Waals surface area (Å²) in [5, 5.41) is 0. The van der Waals surface area contributed by atoms with Crippen molar-refractivity contribution in [2.24, 2.45) is 0 Å². The molecule has 0 aliphatic heterocycles. The van der Waals surface area contributed by atoms with Crippen LogP contribution in [0, 0.1) is 0 Å². The number of rotatable bonds is 3. The lowest BCUT2D eigenvalue weighted by molar-refractivity contribution is 0.152. The van der Waals surface area contributed by atoms with Crippen molar-refractivity contribution >= 4 is 0 Å². The summed E-state index contributed by atoms with van der Waals surface area (Å²) in [5.41, 5.74) is 2.08. The first kappa shape index (κ1) is 11.7. The highest BCUT2D eigenvalue weighted by molar-refractivity contribution is 5.64. The third kappa shape index (κ3) is 2.49. The van der Waals surface area contributed by atoms with Crippen LogP contribution in [0.5, 0.6) is 0 Å². The molecule has 0 radical (unpaired) electrons. The predicted molar refractivity (Wildman–Crippen MR) is 64.0 cm³/mol. The van der Waals surface area contributed by atoms with E-state index in [0.29, 0.717) is 11.3 Å². The van der Waals surface area contributed by atoms with E-state index in [4.69, 9.17) is 0 Å². The quantitative estimate of drug-likeness (QED) is 0.772. The van der Waals surface area contributed by atoms with Gasteiger partial charge in [0.1, 0.15) is 0 Å². The monoisotopic (exact) mass is 233 g/mol. The van der Waals surface area contributed by atoms with Gasteiger partial charge in [-0.05, 0) is 30.2 Å². The molecule has 0 atom stereocenters. The molecular weight excluding hydrogens is 220 g/mol. The Balaban J connectivity index is 2.54. The zero-order valence-corrected chi connectivity index (χ0v) is 9.53. The first-order chi connectivity index (χ1) is 8.22. The van der Waals surface area contributed by atoms with Crippen LogP contribution in [0.15, 0.2) is 42.6 Å². The minimum atomic E-state index is -2.47. The molecule has 2 aromatic rings. The number of aromatic nitrogens is 1. The van der Waals surface area contributed by atoms with Crippen molar-refractivity contribution in [2.75, 3.05) is 0 Å². The van der Waals surface area contributed by atoms with E-state index in [-0.39, 0.29) is 5.56 Å². The lowest BCUT2D eigenvalue weighted by atomic mass is 10.00. The second-order valence-electron chi connectivity index (χ2n) is 3.79. The van der Waals surface area contributed by atoms with Crippen LogP contribution in [0.2, 0.25) is 0 Å². The maximum Gasteiger partial charge on any atom is 0.264 e. The fourth-order valence-corrected chi connectivity index (χ4v) is 1.77. The molecule has 3 heteroatoms. The molecule has 1 heterocycles. The summed E-state index contributed by atoms with van der Waals surface area (Å²) in [7, 11) is 0. The van der Waals surface area contributed by atoms with Crippen molar-refractivity contribution in [1.29, 1.82) is 0 Å². The van der Waals surface area contributed by atoms with Gasteiger partial charge in [-0.15, -0.1) is 0 Å². The summed E-state index contributed by atoms with van der Waals surface area (Å²) in [6.45, 7) is 1.95. The van der Waals surface area contributed by atoms with E-state index in [2.05, 4.69) is 4.98 Å². The van der Waals surface area contributed by atoms with Crippen molar-refractivity contribution < 1.29 is 8.78 Å². The third-order valence-corrected chi connectivity index (χ3v) is 2.70. The first-order valence-electron chi connectivity index (χ1n) is 5.54. The highest BCUT2D eigenvalue weighted by atomic mass is 19.3. The van der Waals surface area contributed by atoms with Gasteiger partial charge in [0.05, 0.1) is 5.69 Å². The lowest BCUT2D eigenvalue weighted by Gasteiger charge is -2.10. The van der Waals surface area contributed by atoms with Gasteiger partial charge in [-0.3, -0.25) is 4.98 Å². The van der Waals surface area contributed by atoms with Gasteiger partial charge in [0, 0.05) is 17.3 Å². The predicted octanol–water partition coefficient (Wildman–Crippen LogP) is 4.25. The highest BCUT2D eigenvalue weighted by Crippen LogP contribution is 2.30. The zero-order valence-electron chi connectivity index (χ0n) is 9.53. The maximum absolute atomic E-state index is 13.0. The zero-order chi connectivity index (χ0) is 12.3. The molecule has 2 rings (SSSR count). The third-order valence-electron chi connectivity index (χ3n) is 2.70. The minimum Gasteiger partial charge on any atom is -0.256 e. The lowest BCUT2D eigenvalue weighted by Crippen LogP contribution is -1.94. The van der Waals surface area contributed by atoms with Gasteiger partial charge in [-0.1, -0.05) is 25.1 Å². The molecule has 0 fully saturated rings. The van der Waals surface area contributed by atoms with Gasteiger partial charge in [0.15, 0.2) is 0 Å². The average Bonchev–Trinajstić information content (AvgIpc) is 2.39. The molecule has 0 unspecified atom stereocenters. The van der Waals surface area contributed by atoms with Crippen LogP contribution in [0.4, 0.5) is 8.78 Å². The normalized spacial score (nSPS) is 10.8. The molecule has 1 nitrogen and oxygen atoms in total. The Morgan fingerprint density at radius 1 is 1.18 bits per heavy atom. The van der Waals surface area contributed by atoms with E-state index in [9.17, 15) is 8.78 Å². The number of pyridine rings is 1. The van der Waals surface area contributed by atoms with Gasteiger partial charge in [0.2, 0.25) is 0 Å². The summed E-state index contributed by atoms with van der Waals surface area (Å²) in [4.78, 5) is 4.11. The Bertz CT molecular complexity index is 495. The van der Waals surface area contributed by atoms with Gasteiger partial charge in [-0.25, -0.2) is 8.78 Å². The number of hydrogen-bond donors (Lipinski definition) is 0. The summed E-state index contributed by atoms with van der Waals surface area (Å²) in [6, 6.07) is 10.5. The van der Waals surface area contributed by atoms with Crippen molar-refractivity contribution in [2.45, 2.75) is 19.8 Å². The van der Waals surface area contributed by atoms with Crippen LogP contribution in [0.1, 0.15) is 24.5 Å². The van der Waals surface area contributed by atoms with E-state index >= 15 is 0 Å². The second-order valence-corrected chi connectivity index (χ2v) is 3.79. The fourth-order valence-electron chi connectivity index (χ4n) is 1.77. The molecule has 0 amide bonds. The Labute approximate surface area is 99.1 Å². The molecule has 88 valence electrons. The molecule has 1 aromatic heterocycles. The largest absolute Gasteiger partial charge is 0.264 e. The molecule has 0 saturated heterocycles. The molecule has 0 spiro atoms. The molecular formula is C14H13F2N. The molecule has 0 bridgehead atoms. The molecule has 1 aromatic carbocycles. The molecule has 0 aliphatic carbocycles. The Morgan fingerprint density at radius 3 is 2.59 bits per heavy atom. The Hall–Kier alpha value is -1.77. The highest BCUT2D eigenvalue weighted by Gasteiger charge is 2.15. The standard InChI is InChI=1S/C14H13F2N/c1-2-10-6-7-11(12(9-10)14(15)16)13-5-3-4-8-17-13/h3-9,14H,2H2,1H3. The van der Waals surface area contributed by atoms with Gasteiger partial charge in [0.25, 0.3) is 6.43 Å². The van der Waals surface area contributed by atoms with E-state index in [1.54, 1.807) is 36.5 Å². The smallest absolute Gasteiger partial charge is 0.256 e. The average molecular weight is 233 g/mol. The number of alkyl halides is 2. The molecule has 0 aliphatic rings. The van der Waals surface area contributed by atoms with Gasteiger partial charge >= 0.3 is 0 Å². The maximum atomic E-state index is 13.0. The number of hydrogen-bond acceptors (Lipinski definition) is 1.